The van der Waals surface area contributed by atoms with Gasteiger partial charge in [0.2, 0.25) is 5.91 Å². The number of carbonyl (C=O) groups is 2. The molecule has 2 unspecified atom stereocenters. The molecule has 0 radical (unpaired) electrons. The van der Waals surface area contributed by atoms with Gasteiger partial charge in [0.1, 0.15) is 23.7 Å². The van der Waals surface area contributed by atoms with Crippen molar-refractivity contribution in [2.45, 2.75) is 64.8 Å². The van der Waals surface area contributed by atoms with Gasteiger partial charge in [0.05, 0.1) is 0 Å². The van der Waals surface area contributed by atoms with Crippen LogP contribution in [0, 0.1) is 6.92 Å². The second kappa shape index (κ2) is 12.6. The summed E-state index contributed by atoms with van der Waals surface area (Å²) < 4.78 is 5.37. The Hall–Kier alpha value is -2.65. The molecule has 9 nitrogen and oxygen atoms in total. The number of aryl methyl sites for hydroxylation is 1. The summed E-state index contributed by atoms with van der Waals surface area (Å²) in [5, 5.41) is 15.2. The number of carbonyl (C=O) groups excluding carboxylic acids is 2. The van der Waals surface area contributed by atoms with Gasteiger partial charge in [-0.15, -0.1) is 0 Å². The fraction of sp³-hybridized carbons (Fsp3) is 0.625. The van der Waals surface area contributed by atoms with Crippen LogP contribution in [-0.2, 0) is 9.53 Å². The number of alkyl carbamates (subject to hydrolysis) is 1. The Bertz CT molecular complexity index is 787. The molecule has 0 aliphatic carbocycles. The molecular formula is C24H39N5O4. The maximum Gasteiger partial charge on any atom is 0.408 e. The first-order chi connectivity index (χ1) is 15.6. The minimum Gasteiger partial charge on any atom is -0.444 e. The first kappa shape index (κ1) is 26.6. The van der Waals surface area contributed by atoms with Crippen molar-refractivity contribution in [1.29, 1.82) is 0 Å². The molecular weight excluding hydrogens is 422 g/mol. The average Bonchev–Trinajstić information content (AvgIpc) is 2.76. The van der Waals surface area contributed by atoms with Crippen LogP contribution in [0.2, 0.25) is 0 Å². The second-order valence-corrected chi connectivity index (χ2v) is 9.28. The number of anilines is 1. The van der Waals surface area contributed by atoms with E-state index in [0.717, 1.165) is 17.9 Å². The number of aliphatic hydroxyl groups excluding tert-OH is 1. The van der Waals surface area contributed by atoms with Gasteiger partial charge >= 0.3 is 6.09 Å². The molecule has 1 fully saturated rings. The molecule has 2 rings (SSSR count). The van der Waals surface area contributed by atoms with Crippen LogP contribution in [0.4, 0.5) is 10.6 Å². The van der Waals surface area contributed by atoms with Gasteiger partial charge in [0, 0.05) is 31.9 Å². The Morgan fingerprint density at radius 1 is 1.24 bits per heavy atom. The molecule has 0 spiro atoms. The number of nitrogens with one attached hydrogen (secondary N) is 2. The molecule has 1 saturated heterocycles. The molecule has 0 bridgehead atoms. The van der Waals surface area contributed by atoms with Crippen molar-refractivity contribution in [2.75, 3.05) is 37.6 Å². The van der Waals surface area contributed by atoms with Gasteiger partial charge in [-0.05, 0) is 71.7 Å². The highest BCUT2D eigenvalue weighted by Crippen LogP contribution is 2.16. The fourth-order valence-electron chi connectivity index (χ4n) is 3.60. The van der Waals surface area contributed by atoms with E-state index in [-0.39, 0.29) is 5.91 Å². The van der Waals surface area contributed by atoms with E-state index in [1.54, 1.807) is 25.7 Å². The molecule has 2 amide bonds. The van der Waals surface area contributed by atoms with Crippen LogP contribution < -0.4 is 15.5 Å². The molecule has 1 aromatic rings. The summed E-state index contributed by atoms with van der Waals surface area (Å²) in [6.07, 6.45) is 2.02. The van der Waals surface area contributed by atoms with Gasteiger partial charge in [-0.2, -0.15) is 0 Å². The topological polar surface area (TPSA) is 107 Å². The Kier molecular flexibility index (Phi) is 10.1. The third-order valence-electron chi connectivity index (χ3n) is 5.27. The average molecular weight is 462 g/mol. The first-order valence-electron chi connectivity index (χ1n) is 11.6. The Balaban J connectivity index is 1.94. The summed E-state index contributed by atoms with van der Waals surface area (Å²) in [7, 11) is 0. The molecule has 33 heavy (non-hydrogen) atoms. The van der Waals surface area contributed by atoms with Crippen LogP contribution in [0.3, 0.4) is 0 Å². The fourth-order valence-corrected chi connectivity index (χ4v) is 3.60. The van der Waals surface area contributed by atoms with Crippen LogP contribution in [0.5, 0.6) is 0 Å². The van der Waals surface area contributed by atoms with Gasteiger partial charge in [-0.25, -0.2) is 9.78 Å². The van der Waals surface area contributed by atoms with Crippen molar-refractivity contribution < 1.29 is 19.4 Å². The standard InChI is InChI=1S/C24H39N5O4/c1-6-21(30)25-13-8-7-11-19(27-23(32)33-24(3,4)5)22(31)29-16-14-28(15-17-29)20-12-9-10-18(2)26-20/h6,9-10,12,19,21,25,30H,1,7-8,11,13-17H2,2-5H3,(H,27,32). The highest BCUT2D eigenvalue weighted by Gasteiger charge is 2.30. The number of hydrogen-bond donors (Lipinski definition) is 3. The first-order valence-corrected chi connectivity index (χ1v) is 11.6. The monoisotopic (exact) mass is 461 g/mol. The minimum atomic E-state index is -0.749. The van der Waals surface area contributed by atoms with Gasteiger partial charge in [0.15, 0.2) is 0 Å². The molecule has 2 heterocycles. The molecule has 3 N–H and O–H groups in total. The van der Waals surface area contributed by atoms with E-state index in [1.165, 1.54) is 6.08 Å². The van der Waals surface area contributed by atoms with Crippen molar-refractivity contribution in [3.05, 3.63) is 36.5 Å². The van der Waals surface area contributed by atoms with E-state index in [4.69, 9.17) is 4.74 Å². The van der Waals surface area contributed by atoms with Crippen LogP contribution in [0.15, 0.2) is 30.9 Å². The summed E-state index contributed by atoms with van der Waals surface area (Å²) in [6, 6.07) is 5.27. The Morgan fingerprint density at radius 2 is 1.94 bits per heavy atom. The number of aromatic nitrogens is 1. The highest BCUT2D eigenvalue weighted by atomic mass is 16.6. The molecule has 0 aromatic carbocycles. The van der Waals surface area contributed by atoms with Crippen LogP contribution in [-0.4, -0.2) is 77.6 Å². The van der Waals surface area contributed by atoms with Gasteiger partial charge in [0.25, 0.3) is 0 Å². The zero-order chi connectivity index (χ0) is 24.4. The smallest absolute Gasteiger partial charge is 0.408 e. The largest absolute Gasteiger partial charge is 0.444 e. The molecule has 0 saturated carbocycles. The van der Waals surface area contributed by atoms with Crippen LogP contribution in [0.1, 0.15) is 45.7 Å². The predicted octanol–water partition coefficient (Wildman–Crippen LogP) is 2.20. The van der Waals surface area contributed by atoms with Crippen molar-refractivity contribution in [3.63, 3.8) is 0 Å². The number of pyridine rings is 1. The normalized spacial score (nSPS) is 16.2. The molecule has 2 atom stereocenters. The molecule has 1 aliphatic rings. The SMILES string of the molecule is C=CC(O)NCCCCC(NC(=O)OC(C)(C)C)C(=O)N1CCN(c2cccc(C)n2)CC1. The van der Waals surface area contributed by atoms with Crippen molar-refractivity contribution in [2.24, 2.45) is 0 Å². The minimum absolute atomic E-state index is 0.100. The summed E-state index contributed by atoms with van der Waals surface area (Å²) in [5.74, 6) is 0.816. The lowest BCUT2D eigenvalue weighted by molar-refractivity contribution is -0.134. The van der Waals surface area contributed by atoms with Crippen molar-refractivity contribution in [3.8, 4) is 0 Å². The summed E-state index contributed by atoms with van der Waals surface area (Å²) in [5.41, 5.74) is 0.317. The van der Waals surface area contributed by atoms with Gasteiger partial charge < -0.3 is 25.0 Å². The van der Waals surface area contributed by atoms with Crippen molar-refractivity contribution >= 4 is 17.8 Å². The third kappa shape index (κ3) is 9.39. The zero-order valence-corrected chi connectivity index (χ0v) is 20.3. The van der Waals surface area contributed by atoms with Crippen LogP contribution in [0.25, 0.3) is 0 Å². The van der Waals surface area contributed by atoms with E-state index in [0.29, 0.717) is 45.6 Å². The molecule has 1 aliphatic heterocycles. The summed E-state index contributed by atoms with van der Waals surface area (Å²) in [6.45, 7) is 13.9. The van der Waals surface area contributed by atoms with Crippen LogP contribution >= 0.6 is 0 Å². The van der Waals surface area contributed by atoms with E-state index in [9.17, 15) is 14.7 Å². The maximum atomic E-state index is 13.3. The Labute approximate surface area is 197 Å². The molecule has 1 aromatic heterocycles. The van der Waals surface area contributed by atoms with E-state index in [1.807, 2.05) is 25.1 Å². The van der Waals surface area contributed by atoms with Gasteiger partial charge in [-0.1, -0.05) is 12.6 Å². The van der Waals surface area contributed by atoms with Crippen molar-refractivity contribution in [1.82, 2.24) is 20.5 Å². The van der Waals surface area contributed by atoms with E-state index >= 15 is 0 Å². The number of nitrogens with zero attached hydrogens (tertiary/aromatic N) is 3. The third-order valence-corrected chi connectivity index (χ3v) is 5.27. The summed E-state index contributed by atoms with van der Waals surface area (Å²) in [4.78, 5) is 34.2. The number of hydrogen-bond acceptors (Lipinski definition) is 7. The molecule has 184 valence electrons. The van der Waals surface area contributed by atoms with E-state index < -0.39 is 24.0 Å². The Morgan fingerprint density at radius 3 is 2.55 bits per heavy atom. The number of ether oxygens (including phenoxy) is 1. The predicted molar refractivity (Wildman–Crippen MR) is 129 cm³/mol. The number of amides is 2. The quantitative estimate of drug-likeness (QED) is 0.279. The lowest BCUT2D eigenvalue weighted by Gasteiger charge is -2.37. The lowest BCUT2D eigenvalue weighted by Crippen LogP contribution is -2.55. The van der Waals surface area contributed by atoms with E-state index in [2.05, 4.69) is 27.1 Å². The zero-order valence-electron chi connectivity index (χ0n) is 20.3. The number of rotatable bonds is 10. The number of piperazine rings is 1. The lowest BCUT2D eigenvalue weighted by atomic mass is 10.1. The number of unbranched alkanes of at least 4 members (excludes halogenated alkanes) is 1. The maximum absolute atomic E-state index is 13.3. The second-order valence-electron chi connectivity index (χ2n) is 9.28. The highest BCUT2D eigenvalue weighted by molar-refractivity contribution is 5.86. The van der Waals surface area contributed by atoms with Gasteiger partial charge in [-0.3, -0.25) is 10.1 Å². The summed E-state index contributed by atoms with van der Waals surface area (Å²) >= 11 is 0. The molecule has 9 heteroatoms. The number of aliphatic hydroxyl groups is 1.